The van der Waals surface area contributed by atoms with Crippen molar-refractivity contribution in [3.05, 3.63) is 24.3 Å². The van der Waals surface area contributed by atoms with Crippen molar-refractivity contribution in [2.24, 2.45) is 0 Å². The topological polar surface area (TPSA) is 30.5 Å². The number of alkyl halides is 3. The summed E-state index contributed by atoms with van der Waals surface area (Å²) in [6.45, 7) is 3.54. The Morgan fingerprint density at radius 1 is 1.26 bits per heavy atom. The second kappa shape index (κ2) is 7.23. The molecule has 0 bridgehead atoms. The maximum Gasteiger partial charge on any atom is 0.422 e. The van der Waals surface area contributed by atoms with Crippen LogP contribution in [0, 0.1) is 0 Å². The average molecular weight is 277 g/mol. The largest absolute Gasteiger partial charge is 0.482 e. The normalized spacial score (nSPS) is 13.1. The molecule has 0 fully saturated rings. The Labute approximate surface area is 110 Å². The van der Waals surface area contributed by atoms with Gasteiger partial charge in [0.15, 0.2) is 6.61 Å². The molecule has 0 aliphatic heterocycles. The van der Waals surface area contributed by atoms with E-state index in [-0.39, 0.29) is 11.8 Å². The van der Waals surface area contributed by atoms with Gasteiger partial charge in [0.2, 0.25) is 0 Å². The van der Waals surface area contributed by atoms with E-state index in [4.69, 9.17) is 9.47 Å². The summed E-state index contributed by atoms with van der Waals surface area (Å²) in [5, 5.41) is 3.06. The van der Waals surface area contributed by atoms with Crippen LogP contribution in [0.4, 0.5) is 18.9 Å². The van der Waals surface area contributed by atoms with E-state index in [1.807, 2.05) is 13.8 Å². The molecule has 1 N–H and O–H groups in total. The summed E-state index contributed by atoms with van der Waals surface area (Å²) in [6, 6.07) is 6.52. The molecular formula is C13H18F3NO2. The minimum absolute atomic E-state index is 0.0180. The van der Waals surface area contributed by atoms with Crippen molar-refractivity contribution >= 4 is 5.69 Å². The van der Waals surface area contributed by atoms with Crippen LogP contribution in [0.15, 0.2) is 24.3 Å². The van der Waals surface area contributed by atoms with Gasteiger partial charge in [-0.1, -0.05) is 12.1 Å². The van der Waals surface area contributed by atoms with E-state index < -0.39 is 12.8 Å². The molecule has 1 aromatic rings. The molecule has 1 unspecified atom stereocenters. The van der Waals surface area contributed by atoms with Gasteiger partial charge in [-0.3, -0.25) is 0 Å². The van der Waals surface area contributed by atoms with Crippen molar-refractivity contribution in [3.63, 3.8) is 0 Å². The van der Waals surface area contributed by atoms with E-state index >= 15 is 0 Å². The summed E-state index contributed by atoms with van der Waals surface area (Å²) in [5.41, 5.74) is 0.527. The third-order valence-corrected chi connectivity index (χ3v) is 2.25. The van der Waals surface area contributed by atoms with E-state index in [9.17, 15) is 13.2 Å². The van der Waals surface area contributed by atoms with Crippen LogP contribution in [0.2, 0.25) is 0 Å². The number of anilines is 1. The maximum atomic E-state index is 12.1. The van der Waals surface area contributed by atoms with E-state index in [0.29, 0.717) is 18.9 Å². The summed E-state index contributed by atoms with van der Waals surface area (Å²) >= 11 is 0. The van der Waals surface area contributed by atoms with Gasteiger partial charge in [0.25, 0.3) is 0 Å². The monoisotopic (exact) mass is 277 g/mol. The zero-order valence-electron chi connectivity index (χ0n) is 11.0. The smallest absolute Gasteiger partial charge is 0.422 e. The van der Waals surface area contributed by atoms with Crippen LogP contribution < -0.4 is 10.1 Å². The molecule has 1 atom stereocenters. The Bertz CT molecular complexity index is 382. The molecule has 0 aliphatic carbocycles. The molecule has 108 valence electrons. The Morgan fingerprint density at radius 2 is 1.95 bits per heavy atom. The molecular weight excluding hydrogens is 259 g/mol. The fourth-order valence-electron chi connectivity index (χ4n) is 1.47. The molecule has 1 rings (SSSR count). The van der Waals surface area contributed by atoms with Gasteiger partial charge in [-0.15, -0.1) is 0 Å². The minimum Gasteiger partial charge on any atom is -0.482 e. The standard InChI is InChI=1S/C13H18F3NO2/c1-3-18-8-10(2)17-11-6-4-5-7-12(11)19-9-13(14,15)16/h4-7,10,17H,3,8-9H2,1-2H3. The summed E-state index contributed by atoms with van der Waals surface area (Å²) in [5.74, 6) is 0.183. The van der Waals surface area contributed by atoms with Crippen LogP contribution >= 0.6 is 0 Å². The number of hydrogen-bond donors (Lipinski definition) is 1. The van der Waals surface area contributed by atoms with E-state index in [0.717, 1.165) is 0 Å². The second-order valence-corrected chi connectivity index (χ2v) is 4.10. The van der Waals surface area contributed by atoms with Crippen molar-refractivity contribution in [1.29, 1.82) is 0 Å². The van der Waals surface area contributed by atoms with E-state index in [1.54, 1.807) is 18.2 Å². The Balaban J connectivity index is 2.62. The summed E-state index contributed by atoms with van der Waals surface area (Å²) in [4.78, 5) is 0. The van der Waals surface area contributed by atoms with Gasteiger partial charge in [0, 0.05) is 12.6 Å². The number of benzene rings is 1. The van der Waals surface area contributed by atoms with Crippen LogP contribution in [0.5, 0.6) is 5.75 Å². The molecule has 3 nitrogen and oxygen atoms in total. The fourth-order valence-corrected chi connectivity index (χ4v) is 1.47. The summed E-state index contributed by atoms with van der Waals surface area (Å²) < 4.78 is 46.4. The summed E-state index contributed by atoms with van der Waals surface area (Å²) in [6.07, 6.45) is -4.34. The quantitative estimate of drug-likeness (QED) is 0.828. The molecule has 0 saturated carbocycles. The molecule has 6 heteroatoms. The highest BCUT2D eigenvalue weighted by Crippen LogP contribution is 2.26. The SMILES string of the molecule is CCOCC(C)Nc1ccccc1OCC(F)(F)F. The van der Waals surface area contributed by atoms with Gasteiger partial charge in [-0.25, -0.2) is 0 Å². The number of nitrogens with one attached hydrogen (secondary N) is 1. The van der Waals surface area contributed by atoms with Crippen molar-refractivity contribution in [2.75, 3.05) is 25.1 Å². The molecule has 1 aromatic carbocycles. The zero-order chi connectivity index (χ0) is 14.3. The third-order valence-electron chi connectivity index (χ3n) is 2.25. The fraction of sp³-hybridized carbons (Fsp3) is 0.538. The molecule has 0 amide bonds. The lowest BCUT2D eigenvalue weighted by Crippen LogP contribution is -2.23. The lowest BCUT2D eigenvalue weighted by Gasteiger charge is -2.18. The number of ether oxygens (including phenoxy) is 2. The van der Waals surface area contributed by atoms with Gasteiger partial charge >= 0.3 is 6.18 Å². The molecule has 19 heavy (non-hydrogen) atoms. The third kappa shape index (κ3) is 6.33. The van der Waals surface area contributed by atoms with Gasteiger partial charge < -0.3 is 14.8 Å². The number of hydrogen-bond acceptors (Lipinski definition) is 3. The highest BCUT2D eigenvalue weighted by molar-refractivity contribution is 5.56. The predicted molar refractivity (Wildman–Crippen MR) is 67.6 cm³/mol. The first-order valence-corrected chi connectivity index (χ1v) is 6.05. The van der Waals surface area contributed by atoms with Gasteiger partial charge in [0.05, 0.1) is 12.3 Å². The lowest BCUT2D eigenvalue weighted by molar-refractivity contribution is -0.153. The molecule has 0 aliphatic rings. The molecule has 0 heterocycles. The second-order valence-electron chi connectivity index (χ2n) is 4.10. The predicted octanol–water partition coefficient (Wildman–Crippen LogP) is 3.46. The van der Waals surface area contributed by atoms with Crippen molar-refractivity contribution in [3.8, 4) is 5.75 Å². The van der Waals surface area contributed by atoms with E-state index in [1.165, 1.54) is 6.07 Å². The Kier molecular flexibility index (Phi) is 5.95. The van der Waals surface area contributed by atoms with E-state index in [2.05, 4.69) is 5.32 Å². The molecule has 0 saturated heterocycles. The first-order chi connectivity index (χ1) is 8.92. The van der Waals surface area contributed by atoms with Crippen molar-refractivity contribution < 1.29 is 22.6 Å². The first-order valence-electron chi connectivity index (χ1n) is 6.05. The van der Waals surface area contributed by atoms with Crippen LogP contribution in [0.3, 0.4) is 0 Å². The first kappa shape index (κ1) is 15.6. The molecule has 0 radical (unpaired) electrons. The number of para-hydroxylation sites is 2. The van der Waals surface area contributed by atoms with Crippen LogP contribution in [-0.4, -0.2) is 32.0 Å². The van der Waals surface area contributed by atoms with Gasteiger partial charge in [0.1, 0.15) is 5.75 Å². The Hall–Kier alpha value is -1.43. The summed E-state index contributed by atoms with van der Waals surface area (Å²) in [7, 11) is 0. The average Bonchev–Trinajstić information content (AvgIpc) is 2.34. The minimum atomic E-state index is -4.34. The van der Waals surface area contributed by atoms with Crippen LogP contribution in [0.1, 0.15) is 13.8 Å². The van der Waals surface area contributed by atoms with Gasteiger partial charge in [-0.05, 0) is 26.0 Å². The van der Waals surface area contributed by atoms with Gasteiger partial charge in [-0.2, -0.15) is 13.2 Å². The Morgan fingerprint density at radius 3 is 2.58 bits per heavy atom. The van der Waals surface area contributed by atoms with Crippen molar-refractivity contribution in [2.45, 2.75) is 26.1 Å². The van der Waals surface area contributed by atoms with Crippen LogP contribution in [-0.2, 0) is 4.74 Å². The molecule has 0 spiro atoms. The highest BCUT2D eigenvalue weighted by Gasteiger charge is 2.28. The van der Waals surface area contributed by atoms with Crippen LogP contribution in [0.25, 0.3) is 0 Å². The van der Waals surface area contributed by atoms with Crippen molar-refractivity contribution in [1.82, 2.24) is 0 Å². The number of rotatable bonds is 7. The number of halogens is 3. The molecule has 0 aromatic heterocycles. The highest BCUT2D eigenvalue weighted by atomic mass is 19.4. The maximum absolute atomic E-state index is 12.1. The zero-order valence-corrected chi connectivity index (χ0v) is 11.0. The lowest BCUT2D eigenvalue weighted by atomic mass is 10.2.